The van der Waals surface area contributed by atoms with E-state index in [1.165, 1.54) is 24.3 Å². The van der Waals surface area contributed by atoms with Crippen LogP contribution in [0, 0.1) is 0 Å². The Morgan fingerprint density at radius 3 is 2.63 bits per heavy atom. The Morgan fingerprint density at radius 2 is 1.93 bits per heavy atom. The molecule has 1 amide bonds. The lowest BCUT2D eigenvalue weighted by Gasteiger charge is -2.04. The van der Waals surface area contributed by atoms with E-state index in [-0.39, 0.29) is 35.4 Å². The molecular formula is C17H15ClN4O4S. The fourth-order valence-corrected chi connectivity index (χ4v) is 3.68. The molecule has 0 fully saturated rings. The highest BCUT2D eigenvalue weighted by molar-refractivity contribution is 7.91. The molecule has 3 rings (SSSR count). The van der Waals surface area contributed by atoms with Crippen LogP contribution in [0.4, 0.5) is 6.01 Å². The van der Waals surface area contributed by atoms with Crippen molar-refractivity contribution in [3.63, 3.8) is 0 Å². The molecule has 0 unspecified atom stereocenters. The number of nitrogens with one attached hydrogen (secondary N) is 1. The SMILES string of the molecule is O=C(CCCS(=O)(=O)c1ccc(Cl)cc1)Nc1nnc(-c2cccnc2)o1. The molecule has 0 saturated carbocycles. The van der Waals surface area contributed by atoms with Crippen molar-refractivity contribution < 1.29 is 17.6 Å². The number of pyridine rings is 1. The molecule has 0 spiro atoms. The number of aromatic nitrogens is 3. The van der Waals surface area contributed by atoms with E-state index >= 15 is 0 Å². The first kappa shape index (κ1) is 19.0. The van der Waals surface area contributed by atoms with Gasteiger partial charge in [-0.15, -0.1) is 5.10 Å². The van der Waals surface area contributed by atoms with Gasteiger partial charge in [-0.2, -0.15) is 0 Å². The van der Waals surface area contributed by atoms with Crippen molar-refractivity contribution in [2.45, 2.75) is 17.7 Å². The number of rotatable bonds is 7. The summed E-state index contributed by atoms with van der Waals surface area (Å²) in [5.41, 5.74) is 0.625. The molecule has 1 N–H and O–H groups in total. The number of carbonyl (C=O) groups is 1. The third-order valence-electron chi connectivity index (χ3n) is 3.57. The normalized spacial score (nSPS) is 11.3. The van der Waals surface area contributed by atoms with Crippen LogP contribution in [-0.2, 0) is 14.6 Å². The van der Waals surface area contributed by atoms with E-state index in [1.54, 1.807) is 24.5 Å². The van der Waals surface area contributed by atoms with Crippen molar-refractivity contribution >= 4 is 33.4 Å². The molecule has 8 nitrogen and oxygen atoms in total. The van der Waals surface area contributed by atoms with Gasteiger partial charge in [0.1, 0.15) is 0 Å². The van der Waals surface area contributed by atoms with E-state index in [2.05, 4.69) is 20.5 Å². The van der Waals surface area contributed by atoms with Gasteiger partial charge in [0.25, 0.3) is 5.89 Å². The maximum absolute atomic E-state index is 12.2. The average molecular weight is 407 g/mol. The van der Waals surface area contributed by atoms with Gasteiger partial charge in [0, 0.05) is 23.8 Å². The maximum Gasteiger partial charge on any atom is 0.322 e. The number of carbonyl (C=O) groups excluding carboxylic acids is 1. The van der Waals surface area contributed by atoms with E-state index in [0.29, 0.717) is 10.6 Å². The van der Waals surface area contributed by atoms with Crippen LogP contribution >= 0.6 is 11.6 Å². The van der Waals surface area contributed by atoms with Crippen LogP contribution in [0.3, 0.4) is 0 Å². The highest BCUT2D eigenvalue weighted by Gasteiger charge is 2.16. The zero-order valence-electron chi connectivity index (χ0n) is 14.0. The second-order valence-electron chi connectivity index (χ2n) is 5.58. The van der Waals surface area contributed by atoms with Crippen molar-refractivity contribution in [3.05, 3.63) is 53.8 Å². The van der Waals surface area contributed by atoms with Crippen LogP contribution in [0.25, 0.3) is 11.5 Å². The highest BCUT2D eigenvalue weighted by Crippen LogP contribution is 2.19. The van der Waals surface area contributed by atoms with Gasteiger partial charge in [0.2, 0.25) is 5.91 Å². The summed E-state index contributed by atoms with van der Waals surface area (Å²) >= 11 is 5.75. The van der Waals surface area contributed by atoms with Crippen LogP contribution in [0.1, 0.15) is 12.8 Å². The maximum atomic E-state index is 12.2. The van der Waals surface area contributed by atoms with Gasteiger partial charge >= 0.3 is 6.01 Å². The van der Waals surface area contributed by atoms with E-state index < -0.39 is 15.7 Å². The summed E-state index contributed by atoms with van der Waals surface area (Å²) in [5.74, 6) is -0.348. The number of hydrogen-bond donors (Lipinski definition) is 1. The Kier molecular flexibility index (Phi) is 5.82. The van der Waals surface area contributed by atoms with Gasteiger partial charge in [-0.05, 0) is 42.8 Å². The van der Waals surface area contributed by atoms with Crippen molar-refractivity contribution in [1.82, 2.24) is 15.2 Å². The largest absolute Gasteiger partial charge is 0.403 e. The molecule has 0 radical (unpaired) electrons. The minimum atomic E-state index is -3.47. The van der Waals surface area contributed by atoms with E-state index in [0.717, 1.165) is 0 Å². The first-order chi connectivity index (χ1) is 12.9. The first-order valence-electron chi connectivity index (χ1n) is 7.96. The Balaban J connectivity index is 1.51. The lowest BCUT2D eigenvalue weighted by atomic mass is 10.3. The third-order valence-corrected chi connectivity index (χ3v) is 5.64. The van der Waals surface area contributed by atoms with Gasteiger partial charge in [0.05, 0.1) is 16.2 Å². The number of anilines is 1. The Bertz CT molecular complexity index is 1020. The molecule has 10 heteroatoms. The fourth-order valence-electron chi connectivity index (χ4n) is 2.24. The molecule has 0 aliphatic carbocycles. The fraction of sp³-hybridized carbons (Fsp3) is 0.176. The molecule has 1 aromatic carbocycles. The Hall–Kier alpha value is -2.78. The van der Waals surface area contributed by atoms with Crippen molar-refractivity contribution in [2.24, 2.45) is 0 Å². The van der Waals surface area contributed by atoms with Crippen molar-refractivity contribution in [2.75, 3.05) is 11.1 Å². The number of halogens is 1. The van der Waals surface area contributed by atoms with Gasteiger partial charge in [-0.25, -0.2) is 8.42 Å². The molecule has 140 valence electrons. The second kappa shape index (κ2) is 8.28. The predicted octanol–water partition coefficient (Wildman–Crippen LogP) is 2.98. The Morgan fingerprint density at radius 1 is 1.15 bits per heavy atom. The van der Waals surface area contributed by atoms with Gasteiger partial charge in [-0.3, -0.25) is 15.1 Å². The summed E-state index contributed by atoms with van der Waals surface area (Å²) in [6.45, 7) is 0. The molecule has 2 heterocycles. The molecule has 0 aliphatic rings. The summed E-state index contributed by atoms with van der Waals surface area (Å²) in [5, 5.41) is 10.5. The topological polar surface area (TPSA) is 115 Å². The van der Waals surface area contributed by atoms with Crippen LogP contribution in [0.15, 0.2) is 58.1 Å². The quantitative estimate of drug-likeness (QED) is 0.641. The number of benzene rings is 1. The molecule has 0 atom stereocenters. The molecule has 27 heavy (non-hydrogen) atoms. The summed E-state index contributed by atoms with van der Waals surface area (Å²) in [4.78, 5) is 16.1. The summed E-state index contributed by atoms with van der Waals surface area (Å²) in [6, 6.07) is 9.31. The van der Waals surface area contributed by atoms with E-state index in [9.17, 15) is 13.2 Å². The van der Waals surface area contributed by atoms with Crippen LogP contribution in [0.2, 0.25) is 5.02 Å². The zero-order chi connectivity index (χ0) is 19.3. The molecular weight excluding hydrogens is 392 g/mol. The first-order valence-corrected chi connectivity index (χ1v) is 9.99. The minimum absolute atomic E-state index is 0.00255. The summed E-state index contributed by atoms with van der Waals surface area (Å²) in [7, 11) is -3.47. The van der Waals surface area contributed by atoms with Crippen molar-refractivity contribution in [3.8, 4) is 11.5 Å². The molecule has 0 bridgehead atoms. The lowest BCUT2D eigenvalue weighted by Crippen LogP contribution is -2.14. The van der Waals surface area contributed by atoms with Crippen LogP contribution < -0.4 is 5.32 Å². The van der Waals surface area contributed by atoms with Gasteiger partial charge < -0.3 is 4.42 Å². The molecule has 0 aliphatic heterocycles. The van der Waals surface area contributed by atoms with Crippen LogP contribution in [-0.4, -0.2) is 35.3 Å². The van der Waals surface area contributed by atoms with E-state index in [1.807, 2.05) is 0 Å². The number of hydrogen-bond acceptors (Lipinski definition) is 7. The summed E-state index contributed by atoms with van der Waals surface area (Å²) < 4.78 is 29.8. The monoisotopic (exact) mass is 406 g/mol. The smallest absolute Gasteiger partial charge is 0.322 e. The number of nitrogens with zero attached hydrogens (tertiary/aromatic N) is 3. The Labute approximate surface area is 160 Å². The number of amides is 1. The standard InChI is InChI=1S/C17H15ClN4O4S/c18-13-5-7-14(8-6-13)27(24,25)10-2-4-15(23)20-17-22-21-16(26-17)12-3-1-9-19-11-12/h1,3,5-9,11H,2,4,10H2,(H,20,22,23). The summed E-state index contributed by atoms with van der Waals surface area (Å²) in [6.07, 6.45) is 3.32. The second-order valence-corrected chi connectivity index (χ2v) is 8.12. The van der Waals surface area contributed by atoms with E-state index in [4.69, 9.17) is 16.0 Å². The van der Waals surface area contributed by atoms with Gasteiger partial charge in [0.15, 0.2) is 9.84 Å². The predicted molar refractivity (Wildman–Crippen MR) is 98.9 cm³/mol. The minimum Gasteiger partial charge on any atom is -0.403 e. The molecule has 2 aromatic heterocycles. The lowest BCUT2D eigenvalue weighted by molar-refractivity contribution is -0.116. The average Bonchev–Trinajstić information content (AvgIpc) is 3.11. The number of sulfone groups is 1. The molecule has 3 aromatic rings. The highest BCUT2D eigenvalue weighted by atomic mass is 35.5. The molecule has 0 saturated heterocycles. The zero-order valence-corrected chi connectivity index (χ0v) is 15.6. The van der Waals surface area contributed by atoms with Crippen molar-refractivity contribution in [1.29, 1.82) is 0 Å². The van der Waals surface area contributed by atoms with Gasteiger partial charge in [-0.1, -0.05) is 16.7 Å². The van der Waals surface area contributed by atoms with Crippen LogP contribution in [0.5, 0.6) is 0 Å². The third kappa shape index (κ3) is 5.11.